The summed E-state index contributed by atoms with van der Waals surface area (Å²) in [7, 11) is 1.59. The van der Waals surface area contributed by atoms with E-state index in [1.165, 1.54) is 24.8 Å². The number of methoxy groups -OCH3 is 1. The Morgan fingerprint density at radius 2 is 2.00 bits per heavy atom. The lowest BCUT2D eigenvalue weighted by molar-refractivity contribution is -0.145. The molecule has 0 aromatic heterocycles. The van der Waals surface area contributed by atoms with Crippen LogP contribution in [0.3, 0.4) is 0 Å². The number of hydrogen-bond acceptors (Lipinski definition) is 7. The van der Waals surface area contributed by atoms with Gasteiger partial charge < -0.3 is 30.0 Å². The molecule has 0 saturated heterocycles. The molecule has 3 N–H and O–H groups in total. The number of amides is 1. The van der Waals surface area contributed by atoms with Gasteiger partial charge in [-0.3, -0.25) is 9.59 Å². The van der Waals surface area contributed by atoms with Crippen molar-refractivity contribution in [2.75, 3.05) is 33.5 Å². The lowest BCUT2D eigenvalue weighted by atomic mass is 9.81. The van der Waals surface area contributed by atoms with Gasteiger partial charge in [-0.1, -0.05) is 12.8 Å². The number of hydrogen-bond donors (Lipinski definition) is 3. The minimum Gasteiger partial charge on any atom is -0.463 e. The summed E-state index contributed by atoms with van der Waals surface area (Å²) in [5, 5.41) is 16.2. The zero-order valence-corrected chi connectivity index (χ0v) is 16.8. The van der Waals surface area contributed by atoms with Crippen LogP contribution >= 0.6 is 0 Å². The third-order valence-electron chi connectivity index (χ3n) is 5.19. The number of esters is 1. The topological polar surface area (TPSA) is 106 Å². The molecule has 0 bridgehead atoms. The summed E-state index contributed by atoms with van der Waals surface area (Å²) < 4.78 is 15.1. The zero-order valence-electron chi connectivity index (χ0n) is 16.8. The van der Waals surface area contributed by atoms with Gasteiger partial charge in [0.2, 0.25) is 5.91 Å². The van der Waals surface area contributed by atoms with E-state index in [9.17, 15) is 14.7 Å². The Morgan fingerprint density at radius 1 is 1.21 bits per heavy atom. The van der Waals surface area contributed by atoms with Gasteiger partial charge in [0.25, 0.3) is 0 Å². The maximum atomic E-state index is 12.0. The highest BCUT2D eigenvalue weighted by molar-refractivity contribution is 5.77. The molecule has 1 amide bonds. The Morgan fingerprint density at radius 3 is 2.82 bits per heavy atom. The highest BCUT2D eigenvalue weighted by atomic mass is 16.6. The molecule has 2 rings (SSSR count). The van der Waals surface area contributed by atoms with Crippen molar-refractivity contribution in [3.63, 3.8) is 0 Å². The zero-order chi connectivity index (χ0) is 20.2. The molecule has 3 unspecified atom stereocenters. The molecular formula is C20H34N2O6. The second-order valence-corrected chi connectivity index (χ2v) is 7.35. The second-order valence-electron chi connectivity index (χ2n) is 7.35. The van der Waals surface area contributed by atoms with Gasteiger partial charge in [-0.15, -0.1) is 0 Å². The number of rotatable bonds is 13. The lowest BCUT2D eigenvalue weighted by Gasteiger charge is -2.28. The van der Waals surface area contributed by atoms with Crippen molar-refractivity contribution in [2.24, 2.45) is 5.92 Å². The molecule has 0 radical (unpaired) electrons. The molecular weight excluding hydrogens is 364 g/mol. The highest BCUT2D eigenvalue weighted by Gasteiger charge is 2.32. The molecule has 160 valence electrons. The van der Waals surface area contributed by atoms with Crippen LogP contribution in [0, 0.1) is 5.92 Å². The van der Waals surface area contributed by atoms with E-state index in [2.05, 4.69) is 10.6 Å². The maximum Gasteiger partial charge on any atom is 0.305 e. The van der Waals surface area contributed by atoms with Crippen LogP contribution in [0.1, 0.15) is 51.4 Å². The van der Waals surface area contributed by atoms with Crippen LogP contribution in [0.5, 0.6) is 0 Å². The number of carbonyl (C=O) groups excluding carboxylic acids is 2. The van der Waals surface area contributed by atoms with Crippen LogP contribution in [0.2, 0.25) is 0 Å². The smallest absolute Gasteiger partial charge is 0.305 e. The van der Waals surface area contributed by atoms with Crippen LogP contribution in [-0.2, 0) is 23.8 Å². The minimum atomic E-state index is -0.891. The fourth-order valence-corrected chi connectivity index (χ4v) is 3.76. The second kappa shape index (κ2) is 12.7. The Bertz CT molecular complexity index is 525. The molecule has 0 spiro atoms. The molecule has 3 atom stereocenters. The molecule has 8 nitrogen and oxygen atoms in total. The average molecular weight is 399 g/mol. The predicted octanol–water partition coefficient (Wildman–Crippen LogP) is 1.23. The SMILES string of the molecule is COCCOCCOC(=O)CCCC(=O)NC(O)CC1=CNC2CCCCC12. The molecule has 28 heavy (non-hydrogen) atoms. The molecule has 1 fully saturated rings. The van der Waals surface area contributed by atoms with E-state index in [1.807, 2.05) is 6.20 Å². The van der Waals surface area contributed by atoms with E-state index in [4.69, 9.17) is 14.2 Å². The lowest BCUT2D eigenvalue weighted by Crippen LogP contribution is -2.36. The summed E-state index contributed by atoms with van der Waals surface area (Å²) in [5.74, 6) is -0.127. The van der Waals surface area contributed by atoms with E-state index >= 15 is 0 Å². The Balaban J connectivity index is 1.51. The molecule has 2 aliphatic rings. The first-order valence-corrected chi connectivity index (χ1v) is 10.2. The van der Waals surface area contributed by atoms with Crippen molar-refractivity contribution in [1.82, 2.24) is 10.6 Å². The fraction of sp³-hybridized carbons (Fsp3) is 0.800. The maximum absolute atomic E-state index is 12.0. The van der Waals surface area contributed by atoms with E-state index in [0.717, 1.165) is 6.42 Å². The summed E-state index contributed by atoms with van der Waals surface area (Å²) in [5.41, 5.74) is 1.19. The van der Waals surface area contributed by atoms with E-state index in [0.29, 0.717) is 44.6 Å². The normalized spacial score (nSPS) is 22.0. The van der Waals surface area contributed by atoms with E-state index < -0.39 is 6.23 Å². The number of nitrogens with one attached hydrogen (secondary N) is 2. The van der Waals surface area contributed by atoms with Crippen molar-refractivity contribution >= 4 is 11.9 Å². The number of aliphatic hydroxyl groups excluding tert-OH is 1. The molecule has 1 aliphatic heterocycles. The van der Waals surface area contributed by atoms with Crippen LogP contribution in [0.4, 0.5) is 0 Å². The Labute approximate surface area is 167 Å². The predicted molar refractivity (Wildman–Crippen MR) is 103 cm³/mol. The van der Waals surface area contributed by atoms with E-state index in [1.54, 1.807) is 7.11 Å². The van der Waals surface area contributed by atoms with Gasteiger partial charge in [0.1, 0.15) is 12.8 Å². The van der Waals surface area contributed by atoms with E-state index in [-0.39, 0.29) is 31.3 Å². The van der Waals surface area contributed by atoms with Gasteiger partial charge >= 0.3 is 5.97 Å². The summed E-state index contributed by atoms with van der Waals surface area (Å²) in [6.45, 7) is 1.49. The van der Waals surface area contributed by atoms with Gasteiger partial charge in [0.05, 0.1) is 19.8 Å². The molecule has 1 aliphatic carbocycles. The first-order valence-electron chi connectivity index (χ1n) is 10.2. The summed E-state index contributed by atoms with van der Waals surface area (Å²) in [6, 6.07) is 0.489. The van der Waals surface area contributed by atoms with Crippen molar-refractivity contribution in [2.45, 2.75) is 63.6 Å². The standard InChI is InChI=1S/C20H34N2O6/c1-26-9-10-27-11-12-28-20(25)8-4-7-18(23)22-19(24)13-15-14-21-17-6-3-2-5-16(15)17/h14,16-17,19,21,24H,2-13H2,1H3,(H,22,23). The van der Waals surface area contributed by atoms with Crippen molar-refractivity contribution in [3.05, 3.63) is 11.8 Å². The monoisotopic (exact) mass is 398 g/mol. The van der Waals surface area contributed by atoms with Crippen molar-refractivity contribution in [3.8, 4) is 0 Å². The Kier molecular flexibility index (Phi) is 10.3. The largest absolute Gasteiger partial charge is 0.463 e. The van der Waals surface area contributed by atoms with Gasteiger partial charge in [-0.05, 0) is 31.0 Å². The summed E-state index contributed by atoms with van der Waals surface area (Å²) in [6.07, 6.45) is 7.08. The van der Waals surface area contributed by atoms with Gasteiger partial charge in [-0.2, -0.15) is 0 Å². The third-order valence-corrected chi connectivity index (χ3v) is 5.19. The van der Waals surface area contributed by atoms with Crippen LogP contribution < -0.4 is 10.6 Å². The quantitative estimate of drug-likeness (QED) is 0.243. The van der Waals surface area contributed by atoms with Gasteiger partial charge in [0.15, 0.2) is 0 Å². The van der Waals surface area contributed by atoms with Crippen molar-refractivity contribution < 1.29 is 28.9 Å². The van der Waals surface area contributed by atoms with Gasteiger partial charge in [-0.25, -0.2) is 0 Å². The molecule has 1 saturated carbocycles. The highest BCUT2D eigenvalue weighted by Crippen LogP contribution is 2.35. The van der Waals surface area contributed by atoms with Gasteiger partial charge in [0, 0.05) is 38.3 Å². The minimum absolute atomic E-state index is 0.167. The molecule has 8 heteroatoms. The van der Waals surface area contributed by atoms with Crippen LogP contribution in [0.15, 0.2) is 11.8 Å². The van der Waals surface area contributed by atoms with Crippen LogP contribution in [0.25, 0.3) is 0 Å². The number of carbonyl (C=O) groups is 2. The third kappa shape index (κ3) is 8.16. The number of fused-ring (bicyclic) bond motifs is 1. The van der Waals surface area contributed by atoms with Crippen LogP contribution in [-0.4, -0.2) is 62.8 Å². The molecule has 0 aromatic carbocycles. The van der Waals surface area contributed by atoms with Crippen molar-refractivity contribution in [1.29, 1.82) is 0 Å². The molecule has 1 heterocycles. The first-order chi connectivity index (χ1) is 13.6. The first kappa shape index (κ1) is 22.6. The number of aliphatic hydroxyl groups is 1. The fourth-order valence-electron chi connectivity index (χ4n) is 3.76. The number of ether oxygens (including phenoxy) is 3. The summed E-state index contributed by atoms with van der Waals surface area (Å²) >= 11 is 0. The molecule has 0 aromatic rings. The average Bonchev–Trinajstić information content (AvgIpc) is 3.07. The Hall–Kier alpha value is -1.64. The summed E-state index contributed by atoms with van der Waals surface area (Å²) in [4.78, 5) is 23.6.